The molecule has 1 N–H and O–H groups in total. The van der Waals surface area contributed by atoms with Crippen molar-refractivity contribution in [1.29, 1.82) is 0 Å². The van der Waals surface area contributed by atoms with Gasteiger partial charge in [0.25, 0.3) is 5.91 Å². The Kier molecular flexibility index (Phi) is 6.07. The summed E-state index contributed by atoms with van der Waals surface area (Å²) in [7, 11) is 0. The molecule has 0 unspecified atom stereocenters. The molecule has 2 aromatic carbocycles. The van der Waals surface area contributed by atoms with Crippen LogP contribution in [0.2, 0.25) is 0 Å². The Morgan fingerprint density at radius 3 is 2.36 bits per heavy atom. The largest absolute Gasteiger partial charge is 0.381 e. The molecule has 1 aliphatic heterocycles. The summed E-state index contributed by atoms with van der Waals surface area (Å²) in [4.78, 5) is 14.5. The molecular weight excluding hydrogens is 312 g/mol. The predicted molar refractivity (Wildman–Crippen MR) is 101 cm³/mol. The number of carbonyl (C=O) groups is 1. The van der Waals surface area contributed by atoms with Crippen molar-refractivity contribution in [3.8, 4) is 0 Å². The molecule has 132 valence electrons. The summed E-state index contributed by atoms with van der Waals surface area (Å²) in [6, 6.07) is 16.4. The first-order valence-corrected chi connectivity index (χ1v) is 9.05. The minimum absolute atomic E-state index is 0.0215. The molecule has 4 heteroatoms. The molecule has 0 atom stereocenters. The van der Waals surface area contributed by atoms with E-state index in [1.807, 2.05) is 24.3 Å². The molecule has 3 rings (SSSR count). The first-order chi connectivity index (χ1) is 12.3. The highest BCUT2D eigenvalue weighted by molar-refractivity contribution is 5.94. The van der Waals surface area contributed by atoms with Gasteiger partial charge in [-0.1, -0.05) is 31.2 Å². The maximum absolute atomic E-state index is 12.2. The summed E-state index contributed by atoms with van der Waals surface area (Å²) in [5.41, 5.74) is 4.62. The van der Waals surface area contributed by atoms with Crippen molar-refractivity contribution in [3.63, 3.8) is 0 Å². The average Bonchev–Trinajstić information content (AvgIpc) is 3.09. The molecule has 1 heterocycles. The van der Waals surface area contributed by atoms with E-state index in [0.717, 1.165) is 38.2 Å². The molecule has 0 saturated carbocycles. The molecule has 0 spiro atoms. The number of fused-ring (bicyclic) bond motifs is 1. The van der Waals surface area contributed by atoms with E-state index in [2.05, 4.69) is 41.4 Å². The van der Waals surface area contributed by atoms with Gasteiger partial charge in [0, 0.05) is 44.1 Å². The van der Waals surface area contributed by atoms with E-state index >= 15 is 0 Å². The van der Waals surface area contributed by atoms with Gasteiger partial charge in [0.1, 0.15) is 0 Å². The lowest BCUT2D eigenvalue weighted by Gasteiger charge is -2.18. The molecule has 1 aliphatic rings. The normalized spacial score (nSPS) is 12.9. The van der Waals surface area contributed by atoms with Gasteiger partial charge in [-0.2, -0.15) is 0 Å². The third-order valence-electron chi connectivity index (χ3n) is 4.43. The number of ether oxygens (including phenoxy) is 1. The van der Waals surface area contributed by atoms with Crippen molar-refractivity contribution in [2.45, 2.75) is 32.9 Å². The van der Waals surface area contributed by atoms with Crippen molar-refractivity contribution in [2.75, 3.05) is 24.7 Å². The van der Waals surface area contributed by atoms with Crippen LogP contribution in [0, 0.1) is 0 Å². The van der Waals surface area contributed by atoms with Crippen molar-refractivity contribution in [2.24, 2.45) is 0 Å². The molecule has 0 saturated heterocycles. The summed E-state index contributed by atoms with van der Waals surface area (Å²) >= 11 is 0. The number of nitrogens with one attached hydrogen (secondary N) is 1. The minimum Gasteiger partial charge on any atom is -0.381 e. The Morgan fingerprint density at radius 1 is 1.04 bits per heavy atom. The van der Waals surface area contributed by atoms with E-state index in [1.54, 1.807) is 0 Å². The Morgan fingerprint density at radius 2 is 1.72 bits per heavy atom. The van der Waals surface area contributed by atoms with Crippen LogP contribution in [-0.2, 0) is 17.8 Å². The van der Waals surface area contributed by atoms with Crippen molar-refractivity contribution < 1.29 is 9.53 Å². The second kappa shape index (κ2) is 8.67. The van der Waals surface area contributed by atoms with Crippen LogP contribution in [0.1, 0.15) is 41.3 Å². The highest BCUT2D eigenvalue weighted by Crippen LogP contribution is 2.28. The third kappa shape index (κ3) is 4.60. The van der Waals surface area contributed by atoms with E-state index in [1.165, 1.54) is 11.1 Å². The Balaban J connectivity index is 1.48. The van der Waals surface area contributed by atoms with Crippen LogP contribution in [0.4, 0.5) is 5.69 Å². The van der Waals surface area contributed by atoms with Crippen LogP contribution in [0.5, 0.6) is 0 Å². The van der Waals surface area contributed by atoms with Gasteiger partial charge >= 0.3 is 0 Å². The average molecular weight is 338 g/mol. The van der Waals surface area contributed by atoms with Gasteiger partial charge in [-0.05, 0) is 48.2 Å². The molecule has 0 aliphatic carbocycles. The first kappa shape index (κ1) is 17.5. The van der Waals surface area contributed by atoms with Crippen molar-refractivity contribution in [3.05, 3.63) is 65.2 Å². The summed E-state index contributed by atoms with van der Waals surface area (Å²) in [6.07, 6.45) is 1.87. The van der Waals surface area contributed by atoms with Crippen LogP contribution in [0.15, 0.2) is 48.5 Å². The second-order valence-electron chi connectivity index (χ2n) is 6.39. The zero-order valence-electron chi connectivity index (χ0n) is 14.8. The number of anilines is 1. The lowest BCUT2D eigenvalue weighted by molar-refractivity contribution is 0.0941. The topological polar surface area (TPSA) is 41.6 Å². The van der Waals surface area contributed by atoms with Gasteiger partial charge in [0.15, 0.2) is 0 Å². The van der Waals surface area contributed by atoms with Crippen LogP contribution >= 0.6 is 0 Å². The molecule has 4 nitrogen and oxygen atoms in total. The van der Waals surface area contributed by atoms with Crippen LogP contribution in [-0.4, -0.2) is 25.7 Å². The number of nitrogens with zero attached hydrogens (tertiary/aromatic N) is 1. The zero-order chi connectivity index (χ0) is 17.5. The van der Waals surface area contributed by atoms with E-state index in [-0.39, 0.29) is 5.91 Å². The smallest absolute Gasteiger partial charge is 0.251 e. The molecule has 2 aromatic rings. The van der Waals surface area contributed by atoms with E-state index in [4.69, 9.17) is 4.74 Å². The Hall–Kier alpha value is -2.33. The van der Waals surface area contributed by atoms with E-state index in [9.17, 15) is 4.79 Å². The molecule has 1 amide bonds. The lowest BCUT2D eigenvalue weighted by Crippen LogP contribution is -2.25. The first-order valence-electron chi connectivity index (χ1n) is 9.05. The van der Waals surface area contributed by atoms with Gasteiger partial charge in [-0.15, -0.1) is 0 Å². The number of amides is 1. The highest BCUT2D eigenvalue weighted by atomic mass is 16.5. The minimum atomic E-state index is -0.0215. The van der Waals surface area contributed by atoms with Gasteiger partial charge in [-0.3, -0.25) is 4.79 Å². The van der Waals surface area contributed by atoms with Gasteiger partial charge in [0.2, 0.25) is 0 Å². The SMILES string of the molecule is CCCOCCCNC(=O)c1ccc(N2Cc3ccccc3C2)cc1. The monoisotopic (exact) mass is 338 g/mol. The fourth-order valence-electron chi connectivity index (χ4n) is 3.06. The standard InChI is InChI=1S/C21H26N2O2/c1-2-13-25-14-5-12-22-21(24)17-8-10-20(11-9-17)23-15-18-6-3-4-7-19(18)16-23/h3-4,6-11H,2,5,12-16H2,1H3,(H,22,24). The number of carbonyl (C=O) groups excluding carboxylic acids is 1. The predicted octanol–water partition coefficient (Wildman–Crippen LogP) is 3.75. The van der Waals surface area contributed by atoms with Gasteiger partial charge in [0.05, 0.1) is 0 Å². The molecule has 25 heavy (non-hydrogen) atoms. The van der Waals surface area contributed by atoms with E-state index < -0.39 is 0 Å². The van der Waals surface area contributed by atoms with E-state index in [0.29, 0.717) is 18.7 Å². The summed E-state index contributed by atoms with van der Waals surface area (Å²) < 4.78 is 5.41. The lowest BCUT2D eigenvalue weighted by atomic mass is 10.1. The van der Waals surface area contributed by atoms with Crippen LogP contribution in [0.3, 0.4) is 0 Å². The number of hydrogen-bond acceptors (Lipinski definition) is 3. The number of rotatable bonds is 8. The summed E-state index contributed by atoms with van der Waals surface area (Å²) in [5.74, 6) is -0.0215. The Bertz CT molecular complexity index is 672. The molecule has 0 aromatic heterocycles. The number of benzene rings is 2. The van der Waals surface area contributed by atoms with Crippen molar-refractivity contribution in [1.82, 2.24) is 5.32 Å². The summed E-state index contributed by atoms with van der Waals surface area (Å²) in [6.45, 7) is 6.08. The molecular formula is C21H26N2O2. The fourth-order valence-corrected chi connectivity index (χ4v) is 3.06. The quantitative estimate of drug-likeness (QED) is 0.745. The third-order valence-corrected chi connectivity index (χ3v) is 4.43. The molecule has 0 bridgehead atoms. The van der Waals surface area contributed by atoms with Crippen LogP contribution < -0.4 is 10.2 Å². The van der Waals surface area contributed by atoms with Crippen LogP contribution in [0.25, 0.3) is 0 Å². The number of hydrogen-bond donors (Lipinski definition) is 1. The highest BCUT2D eigenvalue weighted by Gasteiger charge is 2.18. The maximum Gasteiger partial charge on any atom is 0.251 e. The maximum atomic E-state index is 12.2. The molecule has 0 fully saturated rings. The van der Waals surface area contributed by atoms with Gasteiger partial charge in [-0.25, -0.2) is 0 Å². The van der Waals surface area contributed by atoms with Crippen molar-refractivity contribution >= 4 is 11.6 Å². The molecule has 0 radical (unpaired) electrons. The zero-order valence-corrected chi connectivity index (χ0v) is 14.8. The van der Waals surface area contributed by atoms with Gasteiger partial charge < -0.3 is 15.0 Å². The Labute approximate surface area is 149 Å². The summed E-state index contributed by atoms with van der Waals surface area (Å²) in [5, 5.41) is 2.95. The fraction of sp³-hybridized carbons (Fsp3) is 0.381. The second-order valence-corrected chi connectivity index (χ2v) is 6.39.